The Balaban J connectivity index is 1.32. The molecule has 8 nitrogen and oxygen atoms in total. The average molecular weight is 357 g/mol. The smallest absolute Gasteiger partial charge is 0.319 e. The first-order valence-corrected chi connectivity index (χ1v) is 9.09. The monoisotopic (exact) mass is 357 g/mol. The van der Waals surface area contributed by atoms with E-state index in [2.05, 4.69) is 25.4 Å². The van der Waals surface area contributed by atoms with Crippen LogP contribution in [0.2, 0.25) is 0 Å². The number of anilines is 1. The fourth-order valence-electron chi connectivity index (χ4n) is 3.32. The molecule has 2 N–H and O–H groups in total. The maximum Gasteiger partial charge on any atom is 0.319 e. The van der Waals surface area contributed by atoms with Gasteiger partial charge in [-0.15, -0.1) is 10.2 Å². The molecule has 0 spiro atoms. The highest BCUT2D eigenvalue weighted by Crippen LogP contribution is 2.25. The summed E-state index contributed by atoms with van der Waals surface area (Å²) in [6.45, 7) is 2.55. The fraction of sp³-hybridized carbons (Fsp3) is 0.500. The average Bonchev–Trinajstić information content (AvgIpc) is 3.38. The van der Waals surface area contributed by atoms with E-state index in [9.17, 15) is 4.79 Å². The largest absolute Gasteiger partial charge is 0.489 e. The number of ether oxygens (including phenoxy) is 2. The molecule has 0 unspecified atom stereocenters. The van der Waals surface area contributed by atoms with Crippen molar-refractivity contribution in [3.05, 3.63) is 35.9 Å². The first-order chi connectivity index (χ1) is 12.8. The Kier molecular flexibility index (Phi) is 5.01. The third-order valence-electron chi connectivity index (χ3n) is 4.68. The van der Waals surface area contributed by atoms with E-state index in [-0.39, 0.29) is 12.1 Å². The van der Waals surface area contributed by atoms with E-state index in [0.29, 0.717) is 24.6 Å². The van der Waals surface area contributed by atoms with Crippen molar-refractivity contribution in [2.45, 2.75) is 44.9 Å². The Labute approximate surface area is 151 Å². The van der Waals surface area contributed by atoms with E-state index in [1.807, 2.05) is 24.3 Å². The predicted octanol–water partition coefficient (Wildman–Crippen LogP) is 2.10. The molecule has 1 aromatic carbocycles. The molecule has 8 heteroatoms. The number of nitrogens with one attached hydrogen (secondary N) is 2. The quantitative estimate of drug-likeness (QED) is 0.826. The molecule has 138 valence electrons. The Bertz CT molecular complexity index is 770. The van der Waals surface area contributed by atoms with Gasteiger partial charge in [-0.25, -0.2) is 4.79 Å². The zero-order valence-corrected chi connectivity index (χ0v) is 14.6. The molecule has 1 atom stereocenters. The van der Waals surface area contributed by atoms with Crippen LogP contribution < -0.4 is 15.4 Å². The zero-order valence-electron chi connectivity index (χ0n) is 14.6. The number of hydrogen-bond acceptors (Lipinski definition) is 5. The number of benzene rings is 1. The van der Waals surface area contributed by atoms with Gasteiger partial charge in [0.1, 0.15) is 18.2 Å². The van der Waals surface area contributed by atoms with Gasteiger partial charge in [0.25, 0.3) is 0 Å². The number of carbonyl (C=O) groups is 1. The molecule has 2 aliphatic rings. The molecular weight excluding hydrogens is 334 g/mol. The van der Waals surface area contributed by atoms with E-state index in [1.54, 1.807) is 0 Å². The molecule has 2 aromatic rings. The lowest BCUT2D eigenvalue weighted by atomic mass is 10.2. The Morgan fingerprint density at radius 1 is 1.31 bits per heavy atom. The molecular formula is C18H23N5O3. The zero-order chi connectivity index (χ0) is 17.8. The summed E-state index contributed by atoms with van der Waals surface area (Å²) in [5.41, 5.74) is 0.634. The van der Waals surface area contributed by atoms with Gasteiger partial charge in [-0.1, -0.05) is 12.1 Å². The summed E-state index contributed by atoms with van der Waals surface area (Å²) >= 11 is 0. The topological polar surface area (TPSA) is 90.3 Å². The highest BCUT2D eigenvalue weighted by molar-refractivity contribution is 5.90. The van der Waals surface area contributed by atoms with Gasteiger partial charge in [-0.3, -0.25) is 0 Å². The molecule has 0 aliphatic carbocycles. The summed E-state index contributed by atoms with van der Waals surface area (Å²) < 4.78 is 13.5. The molecule has 1 aromatic heterocycles. The number of para-hydroxylation sites is 2. The van der Waals surface area contributed by atoms with Crippen LogP contribution in [0.1, 0.15) is 30.9 Å². The van der Waals surface area contributed by atoms with Crippen molar-refractivity contribution in [2.24, 2.45) is 0 Å². The number of fused-ring (bicyclic) bond motifs is 1. The molecule has 4 rings (SSSR count). The van der Waals surface area contributed by atoms with Crippen molar-refractivity contribution in [3.63, 3.8) is 0 Å². The number of nitrogens with zero attached hydrogens (tertiary/aromatic N) is 3. The fourth-order valence-corrected chi connectivity index (χ4v) is 3.32. The second-order valence-corrected chi connectivity index (χ2v) is 6.54. The first-order valence-electron chi connectivity index (χ1n) is 9.09. The molecule has 2 aliphatic heterocycles. The highest BCUT2D eigenvalue weighted by atomic mass is 16.5. The van der Waals surface area contributed by atoms with Crippen LogP contribution in [0.15, 0.2) is 24.3 Å². The molecule has 0 saturated carbocycles. The SMILES string of the molecule is O=C(NCc1nnc2n1CCC2)Nc1ccccc1OC[C@H]1CCCO1. The van der Waals surface area contributed by atoms with Crippen LogP contribution in [0.3, 0.4) is 0 Å². The van der Waals surface area contributed by atoms with Crippen molar-refractivity contribution >= 4 is 11.7 Å². The van der Waals surface area contributed by atoms with Crippen LogP contribution in [-0.2, 0) is 24.2 Å². The molecule has 3 heterocycles. The van der Waals surface area contributed by atoms with Crippen LogP contribution in [0.25, 0.3) is 0 Å². The second-order valence-electron chi connectivity index (χ2n) is 6.54. The van der Waals surface area contributed by atoms with Crippen LogP contribution >= 0.6 is 0 Å². The van der Waals surface area contributed by atoms with Gasteiger partial charge in [-0.05, 0) is 31.4 Å². The Hall–Kier alpha value is -2.61. The maximum atomic E-state index is 12.3. The number of aromatic nitrogens is 3. The number of urea groups is 1. The summed E-state index contributed by atoms with van der Waals surface area (Å²) in [5, 5.41) is 14.0. The minimum atomic E-state index is -0.298. The lowest BCUT2D eigenvalue weighted by molar-refractivity contribution is 0.0682. The Morgan fingerprint density at radius 3 is 3.12 bits per heavy atom. The van der Waals surface area contributed by atoms with E-state index in [1.165, 1.54) is 0 Å². The van der Waals surface area contributed by atoms with Crippen molar-refractivity contribution in [3.8, 4) is 5.75 Å². The third-order valence-corrected chi connectivity index (χ3v) is 4.68. The highest BCUT2D eigenvalue weighted by Gasteiger charge is 2.19. The minimum Gasteiger partial charge on any atom is -0.489 e. The predicted molar refractivity (Wildman–Crippen MR) is 95.1 cm³/mol. The van der Waals surface area contributed by atoms with Gasteiger partial charge < -0.3 is 24.7 Å². The number of rotatable bonds is 6. The van der Waals surface area contributed by atoms with Crippen molar-refractivity contribution in [2.75, 3.05) is 18.5 Å². The number of hydrogen-bond donors (Lipinski definition) is 2. The number of carbonyl (C=O) groups excluding carboxylic acids is 1. The first kappa shape index (κ1) is 16.8. The van der Waals surface area contributed by atoms with Crippen molar-refractivity contribution in [1.82, 2.24) is 20.1 Å². The Morgan fingerprint density at radius 2 is 2.23 bits per heavy atom. The summed E-state index contributed by atoms with van der Waals surface area (Å²) in [4.78, 5) is 12.3. The summed E-state index contributed by atoms with van der Waals surface area (Å²) in [6, 6.07) is 7.11. The van der Waals surface area contributed by atoms with Gasteiger partial charge in [0, 0.05) is 19.6 Å². The van der Waals surface area contributed by atoms with E-state index >= 15 is 0 Å². The minimum absolute atomic E-state index is 0.131. The molecule has 1 saturated heterocycles. The molecule has 0 radical (unpaired) electrons. The van der Waals surface area contributed by atoms with Crippen LogP contribution in [0.5, 0.6) is 5.75 Å². The van der Waals surface area contributed by atoms with Gasteiger partial charge in [0.2, 0.25) is 0 Å². The van der Waals surface area contributed by atoms with Crippen LogP contribution in [-0.4, -0.2) is 40.1 Å². The van der Waals surface area contributed by atoms with E-state index < -0.39 is 0 Å². The van der Waals surface area contributed by atoms with Gasteiger partial charge in [-0.2, -0.15) is 0 Å². The molecule has 0 bridgehead atoms. The number of aryl methyl sites for hydroxylation is 1. The summed E-state index contributed by atoms with van der Waals surface area (Å²) in [6.07, 6.45) is 4.25. The normalized spacial score (nSPS) is 18.5. The molecule has 26 heavy (non-hydrogen) atoms. The van der Waals surface area contributed by atoms with Crippen LogP contribution in [0.4, 0.5) is 10.5 Å². The molecule has 2 amide bonds. The molecule has 1 fully saturated rings. The number of amides is 2. The maximum absolute atomic E-state index is 12.3. The van der Waals surface area contributed by atoms with Crippen molar-refractivity contribution < 1.29 is 14.3 Å². The lowest BCUT2D eigenvalue weighted by Gasteiger charge is -2.15. The van der Waals surface area contributed by atoms with Crippen LogP contribution in [0, 0.1) is 0 Å². The van der Waals surface area contributed by atoms with Gasteiger partial charge in [0.15, 0.2) is 5.82 Å². The third kappa shape index (κ3) is 3.80. The second kappa shape index (κ2) is 7.74. The lowest BCUT2D eigenvalue weighted by Crippen LogP contribution is -2.29. The summed E-state index contributed by atoms with van der Waals surface area (Å²) in [7, 11) is 0. The standard InChI is InChI=1S/C18H23N5O3/c24-18(19-11-17-22-21-16-8-3-9-23(16)17)20-14-6-1-2-7-15(14)26-12-13-5-4-10-25-13/h1-2,6-7,13H,3-5,8-12H2,(H2,19,20,24)/t13-/m1/s1. The van der Waals surface area contributed by atoms with E-state index in [4.69, 9.17) is 9.47 Å². The van der Waals surface area contributed by atoms with Crippen molar-refractivity contribution in [1.29, 1.82) is 0 Å². The summed E-state index contributed by atoms with van der Waals surface area (Å²) in [5.74, 6) is 2.42. The van der Waals surface area contributed by atoms with E-state index in [0.717, 1.165) is 50.5 Å². The van der Waals surface area contributed by atoms with Gasteiger partial charge in [0.05, 0.1) is 18.3 Å². The van der Waals surface area contributed by atoms with Gasteiger partial charge >= 0.3 is 6.03 Å².